The Labute approximate surface area is 164 Å². The second kappa shape index (κ2) is 9.33. The number of carbonyl (C=O) groups is 1. The molecule has 0 fully saturated rings. The van der Waals surface area contributed by atoms with Gasteiger partial charge in [0.05, 0.1) is 5.69 Å². The average Bonchev–Trinajstić information content (AvgIpc) is 3.11. The number of nitrogens with zero attached hydrogens (tertiary/aromatic N) is 1. The molecule has 1 heterocycles. The topological polar surface area (TPSA) is 54.0 Å². The number of nitrogens with one attached hydrogen (secondary N) is 2. The number of amides is 1. The number of unbranched alkanes of at least 4 members (excludes halogenated alkanes) is 2. The third-order valence-electron chi connectivity index (χ3n) is 4.22. The van der Waals surface area contributed by atoms with Crippen molar-refractivity contribution in [2.24, 2.45) is 0 Å². The van der Waals surface area contributed by atoms with Gasteiger partial charge in [0.15, 0.2) is 5.13 Å². The lowest BCUT2D eigenvalue weighted by Crippen LogP contribution is -2.10. The Morgan fingerprint density at radius 3 is 2.70 bits per heavy atom. The Balaban J connectivity index is 1.66. The number of rotatable bonds is 8. The number of hydrogen-bond acceptors (Lipinski definition) is 4. The van der Waals surface area contributed by atoms with Gasteiger partial charge in [-0.3, -0.25) is 4.79 Å². The molecule has 0 saturated heterocycles. The zero-order valence-electron chi connectivity index (χ0n) is 15.8. The van der Waals surface area contributed by atoms with Crippen LogP contribution in [0.3, 0.4) is 0 Å². The van der Waals surface area contributed by atoms with E-state index in [1.165, 1.54) is 5.56 Å². The van der Waals surface area contributed by atoms with Crippen molar-refractivity contribution in [1.29, 1.82) is 0 Å². The molecule has 0 atom stereocenters. The van der Waals surface area contributed by atoms with Crippen molar-refractivity contribution in [2.75, 3.05) is 10.6 Å². The zero-order valence-corrected chi connectivity index (χ0v) is 16.6. The maximum absolute atomic E-state index is 12.0. The number of benzene rings is 2. The second-order valence-corrected chi connectivity index (χ2v) is 7.48. The highest BCUT2D eigenvalue weighted by Crippen LogP contribution is 2.28. The molecule has 0 unspecified atom stereocenters. The summed E-state index contributed by atoms with van der Waals surface area (Å²) in [6.07, 6.45) is 3.70. The predicted octanol–water partition coefficient (Wildman–Crippen LogP) is 6.38. The van der Waals surface area contributed by atoms with Crippen LogP contribution in [0.2, 0.25) is 0 Å². The molecule has 0 aliphatic heterocycles. The van der Waals surface area contributed by atoms with E-state index < -0.39 is 0 Å². The van der Waals surface area contributed by atoms with E-state index in [4.69, 9.17) is 0 Å². The highest BCUT2D eigenvalue weighted by molar-refractivity contribution is 7.14. The van der Waals surface area contributed by atoms with Crippen LogP contribution in [0.5, 0.6) is 0 Å². The molecule has 5 heteroatoms. The fraction of sp³-hybridized carbons (Fsp3) is 0.273. The number of aromatic nitrogens is 1. The Bertz CT molecular complexity index is 904. The van der Waals surface area contributed by atoms with Crippen molar-refractivity contribution in [3.8, 4) is 11.3 Å². The van der Waals surface area contributed by atoms with Gasteiger partial charge in [-0.2, -0.15) is 0 Å². The predicted molar refractivity (Wildman–Crippen MR) is 115 cm³/mol. The van der Waals surface area contributed by atoms with Crippen LogP contribution in [-0.4, -0.2) is 10.9 Å². The number of thiazole rings is 1. The van der Waals surface area contributed by atoms with Crippen molar-refractivity contribution in [1.82, 2.24) is 4.98 Å². The first-order valence-electron chi connectivity index (χ1n) is 9.33. The van der Waals surface area contributed by atoms with Crippen molar-refractivity contribution in [2.45, 2.75) is 39.5 Å². The molecule has 0 radical (unpaired) electrons. The molecule has 0 aliphatic carbocycles. The molecule has 27 heavy (non-hydrogen) atoms. The van der Waals surface area contributed by atoms with Crippen molar-refractivity contribution in [3.63, 3.8) is 0 Å². The van der Waals surface area contributed by atoms with Crippen LogP contribution >= 0.6 is 11.3 Å². The highest BCUT2D eigenvalue weighted by atomic mass is 32.1. The fourth-order valence-electron chi connectivity index (χ4n) is 2.83. The van der Waals surface area contributed by atoms with Gasteiger partial charge in [0.2, 0.25) is 5.91 Å². The van der Waals surface area contributed by atoms with Crippen LogP contribution in [0.25, 0.3) is 11.3 Å². The molecule has 4 nitrogen and oxygen atoms in total. The van der Waals surface area contributed by atoms with E-state index in [0.29, 0.717) is 6.42 Å². The van der Waals surface area contributed by atoms with Crippen LogP contribution in [-0.2, 0) is 4.79 Å². The first-order chi connectivity index (χ1) is 13.1. The summed E-state index contributed by atoms with van der Waals surface area (Å²) in [5.74, 6) is 0.0701. The second-order valence-electron chi connectivity index (χ2n) is 6.62. The standard InChI is InChI=1S/C22H25N3OS/c1-3-4-5-12-21(26)23-19-11-7-9-17(14-19)20-15-27-22(25-20)24-18-10-6-8-16(2)13-18/h6-11,13-15H,3-5,12H2,1-2H3,(H,23,26)(H,24,25). The molecule has 0 spiro atoms. The first-order valence-corrected chi connectivity index (χ1v) is 10.2. The Hall–Kier alpha value is -2.66. The maximum atomic E-state index is 12.0. The van der Waals surface area contributed by atoms with E-state index in [2.05, 4.69) is 41.6 Å². The molecule has 0 bridgehead atoms. The Morgan fingerprint density at radius 1 is 1.07 bits per heavy atom. The van der Waals surface area contributed by atoms with E-state index in [9.17, 15) is 4.79 Å². The van der Waals surface area contributed by atoms with E-state index in [-0.39, 0.29) is 5.91 Å². The van der Waals surface area contributed by atoms with Crippen molar-refractivity contribution < 1.29 is 4.79 Å². The molecule has 1 amide bonds. The third kappa shape index (κ3) is 5.66. The van der Waals surface area contributed by atoms with Crippen LogP contribution in [0.1, 0.15) is 38.2 Å². The van der Waals surface area contributed by atoms with Gasteiger partial charge in [-0.1, -0.05) is 44.0 Å². The molecule has 140 valence electrons. The van der Waals surface area contributed by atoms with Gasteiger partial charge in [-0.15, -0.1) is 11.3 Å². The van der Waals surface area contributed by atoms with Crippen LogP contribution < -0.4 is 10.6 Å². The minimum Gasteiger partial charge on any atom is -0.332 e. The average molecular weight is 380 g/mol. The summed E-state index contributed by atoms with van der Waals surface area (Å²) in [6.45, 7) is 4.21. The normalized spacial score (nSPS) is 10.6. The van der Waals surface area contributed by atoms with E-state index in [1.807, 2.05) is 41.8 Å². The lowest BCUT2D eigenvalue weighted by atomic mass is 10.1. The van der Waals surface area contributed by atoms with Gasteiger partial charge in [0.25, 0.3) is 0 Å². The molecule has 0 aliphatic rings. The quantitative estimate of drug-likeness (QED) is 0.446. The number of aryl methyl sites for hydroxylation is 1. The van der Waals surface area contributed by atoms with Gasteiger partial charge >= 0.3 is 0 Å². The largest absolute Gasteiger partial charge is 0.332 e. The SMILES string of the molecule is CCCCCC(=O)Nc1cccc(-c2csc(Nc3cccc(C)c3)n2)c1. The summed E-state index contributed by atoms with van der Waals surface area (Å²) < 4.78 is 0. The molecule has 1 aromatic heterocycles. The lowest BCUT2D eigenvalue weighted by Gasteiger charge is -2.06. The van der Waals surface area contributed by atoms with Crippen molar-refractivity contribution >= 4 is 33.8 Å². The summed E-state index contributed by atoms with van der Waals surface area (Å²) in [5, 5.41) is 9.21. The smallest absolute Gasteiger partial charge is 0.224 e. The van der Waals surface area contributed by atoms with E-state index >= 15 is 0 Å². The van der Waals surface area contributed by atoms with Gasteiger partial charge in [0, 0.05) is 28.7 Å². The monoisotopic (exact) mass is 379 g/mol. The Morgan fingerprint density at radius 2 is 1.89 bits per heavy atom. The fourth-order valence-corrected chi connectivity index (χ4v) is 3.57. The van der Waals surface area contributed by atoms with Gasteiger partial charge in [0.1, 0.15) is 0 Å². The van der Waals surface area contributed by atoms with Crippen LogP contribution in [0, 0.1) is 6.92 Å². The van der Waals surface area contributed by atoms with E-state index in [0.717, 1.165) is 47.0 Å². The van der Waals surface area contributed by atoms with Gasteiger partial charge < -0.3 is 10.6 Å². The minimum atomic E-state index is 0.0701. The summed E-state index contributed by atoms with van der Waals surface area (Å²) in [6, 6.07) is 16.1. The summed E-state index contributed by atoms with van der Waals surface area (Å²) in [7, 11) is 0. The molecule has 0 saturated carbocycles. The minimum absolute atomic E-state index is 0.0701. The number of anilines is 3. The Kier molecular flexibility index (Phi) is 6.60. The molecule has 2 N–H and O–H groups in total. The lowest BCUT2D eigenvalue weighted by molar-refractivity contribution is -0.116. The molecular formula is C22H25N3OS. The number of carbonyl (C=O) groups excluding carboxylic acids is 1. The summed E-state index contributed by atoms with van der Waals surface area (Å²) >= 11 is 1.57. The van der Waals surface area contributed by atoms with Gasteiger partial charge in [-0.25, -0.2) is 4.98 Å². The van der Waals surface area contributed by atoms with Crippen LogP contribution in [0.4, 0.5) is 16.5 Å². The molecule has 3 aromatic rings. The maximum Gasteiger partial charge on any atom is 0.224 e. The molecule has 2 aromatic carbocycles. The van der Waals surface area contributed by atoms with Gasteiger partial charge in [-0.05, 0) is 43.2 Å². The van der Waals surface area contributed by atoms with E-state index in [1.54, 1.807) is 11.3 Å². The van der Waals surface area contributed by atoms with Crippen molar-refractivity contribution in [3.05, 3.63) is 59.5 Å². The highest BCUT2D eigenvalue weighted by Gasteiger charge is 2.07. The molecular weight excluding hydrogens is 354 g/mol. The summed E-state index contributed by atoms with van der Waals surface area (Å²) in [5.41, 5.74) is 4.95. The summed E-state index contributed by atoms with van der Waals surface area (Å²) in [4.78, 5) is 16.7. The van der Waals surface area contributed by atoms with Crippen LogP contribution in [0.15, 0.2) is 53.9 Å². The zero-order chi connectivity index (χ0) is 19.1. The number of hydrogen-bond donors (Lipinski definition) is 2. The third-order valence-corrected chi connectivity index (χ3v) is 4.98. The first kappa shape index (κ1) is 19.1. The molecule has 3 rings (SSSR count).